The smallest absolute Gasteiger partial charge is 0.0715 e. The maximum atomic E-state index is 5.12. The number of hydrogen-bond acceptors (Lipinski definition) is 2. The van der Waals surface area contributed by atoms with Gasteiger partial charge >= 0.3 is 0 Å². The van der Waals surface area contributed by atoms with Crippen LogP contribution >= 0.6 is 11.3 Å². The van der Waals surface area contributed by atoms with Gasteiger partial charge in [0, 0.05) is 31.3 Å². The summed E-state index contributed by atoms with van der Waals surface area (Å²) in [5.74, 6) is 0. The van der Waals surface area contributed by atoms with E-state index in [0.717, 1.165) is 33.6 Å². The van der Waals surface area contributed by atoms with Gasteiger partial charge in [0.05, 0.1) is 11.4 Å². The lowest BCUT2D eigenvalue weighted by molar-refractivity contribution is 1.32. The summed E-state index contributed by atoms with van der Waals surface area (Å²) in [5, 5.41) is 2.63. The highest BCUT2D eigenvalue weighted by atomic mass is 32.1. The van der Waals surface area contributed by atoms with Crippen LogP contribution < -0.4 is 0 Å². The fourth-order valence-corrected chi connectivity index (χ4v) is 8.01. The summed E-state index contributed by atoms with van der Waals surface area (Å²) in [5.41, 5.74) is 13.7. The van der Waals surface area contributed by atoms with Crippen LogP contribution in [0.2, 0.25) is 0 Å². The molecule has 1 nitrogen and oxygen atoms in total. The topological polar surface area (TPSA) is 12.9 Å². The largest absolute Gasteiger partial charge is 0.248 e. The van der Waals surface area contributed by atoms with Gasteiger partial charge in [-0.25, -0.2) is 4.98 Å². The van der Waals surface area contributed by atoms with Crippen LogP contribution in [0.3, 0.4) is 0 Å². The number of nitrogens with zero attached hydrogens (tertiary/aromatic N) is 1. The van der Waals surface area contributed by atoms with E-state index in [1.807, 2.05) is 23.5 Å². The van der Waals surface area contributed by atoms with E-state index < -0.39 is 0 Å². The number of hydrogen-bond donors (Lipinski definition) is 0. The van der Waals surface area contributed by atoms with Gasteiger partial charge in [-0.3, -0.25) is 0 Å². The standard InChI is InChI=1S/C47H31NS/c1-4-14-32(15-5-1)43-30-38(31-44(48-43)33-16-6-2-7-17-33)35-20-12-21-36(28-35)39-23-13-24-40(47(39)34-18-8-3-9-19-34)37-26-27-46-42(29-37)41-22-10-11-25-45(41)49-46/h1-31H. The van der Waals surface area contributed by atoms with Crippen LogP contribution in [0.5, 0.6) is 0 Å². The maximum absolute atomic E-state index is 5.12. The van der Waals surface area contributed by atoms with Crippen LogP contribution in [0.4, 0.5) is 0 Å². The minimum Gasteiger partial charge on any atom is -0.248 e. The van der Waals surface area contributed by atoms with E-state index in [2.05, 4.69) is 176 Å². The van der Waals surface area contributed by atoms with Crippen molar-refractivity contribution >= 4 is 31.5 Å². The Morgan fingerprint density at radius 2 is 0.816 bits per heavy atom. The van der Waals surface area contributed by atoms with E-state index in [-0.39, 0.29) is 0 Å². The van der Waals surface area contributed by atoms with Crippen molar-refractivity contribution in [2.45, 2.75) is 0 Å². The highest BCUT2D eigenvalue weighted by molar-refractivity contribution is 7.25. The first kappa shape index (κ1) is 29.1. The van der Waals surface area contributed by atoms with Gasteiger partial charge < -0.3 is 0 Å². The van der Waals surface area contributed by atoms with Gasteiger partial charge in [0.15, 0.2) is 0 Å². The Morgan fingerprint density at radius 1 is 0.306 bits per heavy atom. The third-order valence-electron chi connectivity index (χ3n) is 9.29. The predicted octanol–water partition coefficient (Wildman–Crippen LogP) is 13.5. The molecule has 0 N–H and O–H groups in total. The molecule has 0 amide bonds. The predicted molar refractivity (Wildman–Crippen MR) is 210 cm³/mol. The molecule has 0 atom stereocenters. The van der Waals surface area contributed by atoms with Crippen LogP contribution in [0, 0.1) is 0 Å². The molecule has 0 saturated heterocycles. The molecular weight excluding hydrogens is 611 g/mol. The summed E-state index contributed by atoms with van der Waals surface area (Å²) in [6.45, 7) is 0. The van der Waals surface area contributed by atoms with Gasteiger partial charge in [-0.05, 0) is 80.9 Å². The fourth-order valence-electron chi connectivity index (χ4n) is 6.92. The second-order valence-electron chi connectivity index (χ2n) is 12.3. The van der Waals surface area contributed by atoms with Gasteiger partial charge in [0.25, 0.3) is 0 Å². The molecule has 2 heterocycles. The Balaban J connectivity index is 1.22. The van der Waals surface area contributed by atoms with Crippen molar-refractivity contribution in [1.29, 1.82) is 0 Å². The van der Waals surface area contributed by atoms with E-state index >= 15 is 0 Å². The van der Waals surface area contributed by atoms with Crippen molar-refractivity contribution < 1.29 is 0 Å². The first-order valence-corrected chi connectivity index (χ1v) is 17.4. The molecule has 0 bridgehead atoms. The number of rotatable bonds is 6. The zero-order valence-corrected chi connectivity index (χ0v) is 27.6. The average molecular weight is 642 g/mol. The van der Waals surface area contributed by atoms with Gasteiger partial charge in [-0.1, -0.05) is 152 Å². The summed E-state index contributed by atoms with van der Waals surface area (Å²) in [4.78, 5) is 5.12. The van der Waals surface area contributed by atoms with E-state index in [4.69, 9.17) is 4.98 Å². The number of fused-ring (bicyclic) bond motifs is 3. The molecule has 0 spiro atoms. The molecule has 0 aliphatic carbocycles. The molecule has 9 aromatic rings. The number of pyridine rings is 1. The first-order chi connectivity index (χ1) is 24.3. The lowest BCUT2D eigenvalue weighted by Crippen LogP contribution is -1.93. The van der Waals surface area contributed by atoms with E-state index in [9.17, 15) is 0 Å². The fraction of sp³-hybridized carbons (Fsp3) is 0. The van der Waals surface area contributed by atoms with Crippen LogP contribution in [-0.4, -0.2) is 4.98 Å². The molecule has 230 valence electrons. The summed E-state index contributed by atoms with van der Waals surface area (Å²) in [7, 11) is 0. The summed E-state index contributed by atoms with van der Waals surface area (Å²) < 4.78 is 2.64. The van der Waals surface area contributed by atoms with E-state index in [1.165, 1.54) is 53.6 Å². The minimum absolute atomic E-state index is 0.964. The Kier molecular flexibility index (Phi) is 7.42. The molecule has 0 aliphatic heterocycles. The number of thiophene rings is 1. The van der Waals surface area contributed by atoms with Crippen molar-refractivity contribution in [1.82, 2.24) is 4.98 Å². The molecule has 2 heteroatoms. The Bertz CT molecular complexity index is 2530. The van der Waals surface area contributed by atoms with Gasteiger partial charge in [-0.2, -0.15) is 0 Å². The first-order valence-electron chi connectivity index (χ1n) is 16.6. The molecule has 0 fully saturated rings. The summed E-state index contributed by atoms with van der Waals surface area (Å²) in [6, 6.07) is 67.5. The molecule has 0 aliphatic rings. The van der Waals surface area contributed by atoms with E-state index in [0.29, 0.717) is 0 Å². The van der Waals surface area contributed by atoms with Gasteiger partial charge in [0.1, 0.15) is 0 Å². The van der Waals surface area contributed by atoms with Crippen LogP contribution in [0.25, 0.3) is 87.2 Å². The normalized spacial score (nSPS) is 11.3. The van der Waals surface area contributed by atoms with Crippen LogP contribution in [-0.2, 0) is 0 Å². The summed E-state index contributed by atoms with van der Waals surface area (Å²) >= 11 is 1.86. The van der Waals surface area contributed by atoms with Gasteiger partial charge in [0.2, 0.25) is 0 Å². The monoisotopic (exact) mass is 641 g/mol. The van der Waals surface area contributed by atoms with Crippen molar-refractivity contribution in [2.75, 3.05) is 0 Å². The summed E-state index contributed by atoms with van der Waals surface area (Å²) in [6.07, 6.45) is 0. The van der Waals surface area contributed by atoms with E-state index in [1.54, 1.807) is 0 Å². The highest BCUT2D eigenvalue weighted by Crippen LogP contribution is 2.43. The SMILES string of the molecule is c1ccc(-c2cc(-c3cccc(-c4cccc(-c5ccc6sc7ccccc7c6c5)c4-c4ccccc4)c3)cc(-c3ccccc3)n2)cc1. The highest BCUT2D eigenvalue weighted by Gasteiger charge is 2.17. The van der Waals surface area contributed by atoms with Gasteiger partial charge in [-0.15, -0.1) is 11.3 Å². The van der Waals surface area contributed by atoms with Crippen molar-refractivity contribution in [3.05, 3.63) is 188 Å². The van der Waals surface area contributed by atoms with Crippen molar-refractivity contribution in [3.63, 3.8) is 0 Å². The molecule has 9 rings (SSSR count). The molecule has 0 saturated carbocycles. The lowest BCUT2D eigenvalue weighted by atomic mass is 9.86. The third kappa shape index (κ3) is 5.53. The quantitative estimate of drug-likeness (QED) is 0.176. The third-order valence-corrected chi connectivity index (χ3v) is 10.4. The second kappa shape index (κ2) is 12.5. The maximum Gasteiger partial charge on any atom is 0.0715 e. The van der Waals surface area contributed by atoms with Crippen LogP contribution in [0.1, 0.15) is 0 Å². The second-order valence-corrected chi connectivity index (χ2v) is 13.4. The Morgan fingerprint density at radius 3 is 1.49 bits per heavy atom. The molecule has 0 unspecified atom stereocenters. The van der Waals surface area contributed by atoms with Crippen LogP contribution in [0.15, 0.2) is 188 Å². The zero-order chi connectivity index (χ0) is 32.6. The minimum atomic E-state index is 0.964. The molecular formula is C47H31NS. The molecule has 7 aromatic carbocycles. The average Bonchev–Trinajstić information content (AvgIpc) is 3.56. The Labute approximate surface area is 290 Å². The zero-order valence-electron chi connectivity index (χ0n) is 26.8. The number of benzene rings is 7. The molecule has 49 heavy (non-hydrogen) atoms. The molecule has 0 radical (unpaired) electrons. The lowest BCUT2D eigenvalue weighted by Gasteiger charge is -2.17. The van der Waals surface area contributed by atoms with Crippen molar-refractivity contribution in [3.8, 4) is 67.0 Å². The van der Waals surface area contributed by atoms with Crippen molar-refractivity contribution in [2.24, 2.45) is 0 Å². The number of aromatic nitrogens is 1. The Hall–Kier alpha value is -6.09. The molecule has 2 aromatic heterocycles.